The molecule has 2 aromatic heterocycles. The number of hydrogen-bond acceptors (Lipinski definition) is 3. The van der Waals surface area contributed by atoms with E-state index in [0.717, 1.165) is 10.7 Å². The van der Waals surface area contributed by atoms with Crippen molar-refractivity contribution < 1.29 is 13.2 Å². The lowest BCUT2D eigenvalue weighted by Gasteiger charge is -2.08. The van der Waals surface area contributed by atoms with E-state index in [2.05, 4.69) is 10.1 Å². The van der Waals surface area contributed by atoms with Gasteiger partial charge in [-0.25, -0.2) is 4.68 Å². The largest absolute Gasteiger partial charge is 0.435 e. The Labute approximate surface area is 99.7 Å². The Hall–Kier alpha value is -2.18. The van der Waals surface area contributed by atoms with Gasteiger partial charge in [0.25, 0.3) is 5.56 Å². The van der Waals surface area contributed by atoms with Crippen LogP contribution in [0.5, 0.6) is 0 Å². The van der Waals surface area contributed by atoms with Crippen molar-refractivity contribution in [3.05, 3.63) is 58.3 Å². The van der Waals surface area contributed by atoms with E-state index in [4.69, 9.17) is 0 Å². The Morgan fingerprint density at radius 1 is 1.22 bits per heavy atom. The minimum Gasteiger partial charge on any atom is -0.268 e. The van der Waals surface area contributed by atoms with Crippen LogP contribution in [-0.2, 0) is 12.7 Å². The fourth-order valence-corrected chi connectivity index (χ4v) is 1.38. The number of hydrogen-bond donors (Lipinski definition) is 0. The van der Waals surface area contributed by atoms with E-state index in [1.165, 1.54) is 12.4 Å². The molecule has 0 spiro atoms. The molecule has 0 aliphatic rings. The van der Waals surface area contributed by atoms with E-state index in [-0.39, 0.29) is 6.54 Å². The quantitative estimate of drug-likeness (QED) is 0.820. The summed E-state index contributed by atoms with van der Waals surface area (Å²) in [7, 11) is 0. The van der Waals surface area contributed by atoms with Crippen molar-refractivity contribution in [3.8, 4) is 0 Å². The molecule has 0 aromatic carbocycles. The Morgan fingerprint density at radius 2 is 2.00 bits per heavy atom. The van der Waals surface area contributed by atoms with Crippen molar-refractivity contribution in [2.24, 2.45) is 0 Å². The molecule has 0 aliphatic carbocycles. The summed E-state index contributed by atoms with van der Waals surface area (Å²) in [5.41, 5.74) is -1.08. The zero-order valence-corrected chi connectivity index (χ0v) is 9.05. The second-order valence-corrected chi connectivity index (χ2v) is 3.57. The number of alkyl halides is 3. The standard InChI is InChI=1S/C11H8F3N3O/c12-11(13,14)9-3-4-10(18)17(16-9)7-8-2-1-5-15-6-8/h1-6H,7H2. The maximum absolute atomic E-state index is 12.4. The first kappa shape index (κ1) is 12.3. The van der Waals surface area contributed by atoms with Gasteiger partial charge >= 0.3 is 6.18 Å². The average molecular weight is 255 g/mol. The minimum atomic E-state index is -4.57. The van der Waals surface area contributed by atoms with Crippen LogP contribution < -0.4 is 5.56 Å². The number of halogens is 3. The third-order valence-electron chi connectivity index (χ3n) is 2.21. The minimum absolute atomic E-state index is 0.0450. The molecule has 0 saturated carbocycles. The monoisotopic (exact) mass is 255 g/mol. The van der Waals surface area contributed by atoms with Crippen LogP contribution in [0, 0.1) is 0 Å². The van der Waals surface area contributed by atoms with Crippen molar-refractivity contribution in [1.82, 2.24) is 14.8 Å². The fourth-order valence-electron chi connectivity index (χ4n) is 1.38. The third kappa shape index (κ3) is 2.73. The normalized spacial score (nSPS) is 11.5. The predicted molar refractivity (Wildman–Crippen MR) is 56.8 cm³/mol. The Bertz CT molecular complexity index is 592. The summed E-state index contributed by atoms with van der Waals surface area (Å²) in [5, 5.41) is 3.29. The summed E-state index contributed by atoms with van der Waals surface area (Å²) < 4.78 is 38.1. The molecule has 0 fully saturated rings. The highest BCUT2D eigenvalue weighted by atomic mass is 19.4. The summed E-state index contributed by atoms with van der Waals surface area (Å²) in [5.74, 6) is 0. The van der Waals surface area contributed by atoms with Gasteiger partial charge in [0, 0.05) is 18.5 Å². The van der Waals surface area contributed by atoms with Crippen LogP contribution in [0.25, 0.3) is 0 Å². The summed E-state index contributed by atoms with van der Waals surface area (Å²) >= 11 is 0. The van der Waals surface area contributed by atoms with E-state index in [9.17, 15) is 18.0 Å². The van der Waals surface area contributed by atoms with Gasteiger partial charge in [0.1, 0.15) is 0 Å². The highest BCUT2D eigenvalue weighted by molar-refractivity contribution is 5.10. The smallest absolute Gasteiger partial charge is 0.268 e. The van der Waals surface area contributed by atoms with Crippen molar-refractivity contribution in [2.75, 3.05) is 0 Å². The van der Waals surface area contributed by atoms with Crippen LogP contribution in [0.15, 0.2) is 41.5 Å². The van der Waals surface area contributed by atoms with Crippen LogP contribution in [0.2, 0.25) is 0 Å². The Kier molecular flexibility index (Phi) is 3.14. The van der Waals surface area contributed by atoms with Crippen molar-refractivity contribution in [2.45, 2.75) is 12.7 Å². The van der Waals surface area contributed by atoms with E-state index in [1.807, 2.05) is 0 Å². The summed E-state index contributed by atoms with van der Waals surface area (Å²) in [6, 6.07) is 4.81. The molecule has 0 N–H and O–H groups in total. The first-order chi connectivity index (χ1) is 8.47. The molecule has 0 atom stereocenters. The van der Waals surface area contributed by atoms with Gasteiger partial charge in [0.15, 0.2) is 5.69 Å². The van der Waals surface area contributed by atoms with Crippen LogP contribution in [0.1, 0.15) is 11.3 Å². The Balaban J connectivity index is 2.36. The predicted octanol–water partition coefficient (Wildman–Crippen LogP) is 1.71. The van der Waals surface area contributed by atoms with Gasteiger partial charge in [-0.3, -0.25) is 9.78 Å². The van der Waals surface area contributed by atoms with Crippen molar-refractivity contribution in [1.29, 1.82) is 0 Å². The molecule has 0 aliphatic heterocycles. The fraction of sp³-hybridized carbons (Fsp3) is 0.182. The average Bonchev–Trinajstić information content (AvgIpc) is 2.32. The van der Waals surface area contributed by atoms with Gasteiger partial charge in [0.2, 0.25) is 0 Å². The zero-order chi connectivity index (χ0) is 13.2. The summed E-state index contributed by atoms with van der Waals surface area (Å²) in [6.07, 6.45) is -1.56. The molecule has 2 heterocycles. The van der Waals surface area contributed by atoms with Crippen LogP contribution in [0.4, 0.5) is 13.2 Å². The lowest BCUT2D eigenvalue weighted by molar-refractivity contribution is -0.142. The van der Waals surface area contributed by atoms with E-state index < -0.39 is 17.4 Å². The molecule has 18 heavy (non-hydrogen) atoms. The molecule has 0 bridgehead atoms. The lowest BCUT2D eigenvalue weighted by Crippen LogP contribution is -2.26. The first-order valence-corrected chi connectivity index (χ1v) is 5.01. The molecule has 94 valence electrons. The third-order valence-corrected chi connectivity index (χ3v) is 2.21. The molecule has 0 unspecified atom stereocenters. The van der Waals surface area contributed by atoms with Crippen LogP contribution in [-0.4, -0.2) is 14.8 Å². The molecule has 7 heteroatoms. The lowest BCUT2D eigenvalue weighted by atomic mass is 10.3. The number of rotatable bonds is 2. The molecular formula is C11H8F3N3O. The second kappa shape index (κ2) is 4.59. The second-order valence-electron chi connectivity index (χ2n) is 3.57. The Morgan fingerprint density at radius 3 is 2.61 bits per heavy atom. The van der Waals surface area contributed by atoms with Gasteiger partial charge in [-0.2, -0.15) is 18.3 Å². The van der Waals surface area contributed by atoms with Gasteiger partial charge < -0.3 is 0 Å². The molecular weight excluding hydrogens is 247 g/mol. The number of pyridine rings is 1. The SMILES string of the molecule is O=c1ccc(C(F)(F)F)nn1Cc1cccnc1. The topological polar surface area (TPSA) is 47.8 Å². The highest BCUT2D eigenvalue weighted by Gasteiger charge is 2.33. The summed E-state index contributed by atoms with van der Waals surface area (Å²) in [6.45, 7) is -0.0450. The maximum Gasteiger partial charge on any atom is 0.435 e. The number of nitrogens with zero attached hydrogens (tertiary/aromatic N) is 3. The molecule has 0 saturated heterocycles. The highest BCUT2D eigenvalue weighted by Crippen LogP contribution is 2.26. The van der Waals surface area contributed by atoms with Gasteiger partial charge in [-0.15, -0.1) is 0 Å². The van der Waals surface area contributed by atoms with Crippen molar-refractivity contribution >= 4 is 0 Å². The molecule has 0 amide bonds. The van der Waals surface area contributed by atoms with Crippen LogP contribution >= 0.6 is 0 Å². The van der Waals surface area contributed by atoms with Gasteiger partial charge in [-0.1, -0.05) is 6.07 Å². The molecule has 4 nitrogen and oxygen atoms in total. The van der Waals surface area contributed by atoms with Crippen LogP contribution in [0.3, 0.4) is 0 Å². The molecule has 2 rings (SSSR count). The first-order valence-electron chi connectivity index (χ1n) is 5.01. The number of aromatic nitrogens is 3. The van der Waals surface area contributed by atoms with E-state index in [1.54, 1.807) is 12.1 Å². The molecule has 2 aromatic rings. The van der Waals surface area contributed by atoms with Gasteiger partial charge in [-0.05, 0) is 17.7 Å². The van der Waals surface area contributed by atoms with E-state index in [0.29, 0.717) is 11.6 Å². The maximum atomic E-state index is 12.4. The zero-order valence-electron chi connectivity index (χ0n) is 9.05. The molecule has 0 radical (unpaired) electrons. The van der Waals surface area contributed by atoms with E-state index >= 15 is 0 Å². The van der Waals surface area contributed by atoms with Crippen molar-refractivity contribution in [3.63, 3.8) is 0 Å². The summed E-state index contributed by atoms with van der Waals surface area (Å²) in [4.78, 5) is 15.2. The van der Waals surface area contributed by atoms with Gasteiger partial charge in [0.05, 0.1) is 6.54 Å².